The Morgan fingerprint density at radius 2 is 1.77 bits per heavy atom. The molecule has 0 aliphatic heterocycles. The maximum Gasteiger partial charge on any atom is 0.136 e. The second-order valence-electron chi connectivity index (χ2n) is 9.47. The first-order valence-electron chi connectivity index (χ1n) is 11.2. The van der Waals surface area contributed by atoms with Gasteiger partial charge in [-0.25, -0.2) is 9.97 Å². The zero-order valence-electron chi connectivity index (χ0n) is 19.5. The number of imidazole rings is 2. The largest absolute Gasteiger partial charge is 0.337 e. The average Bonchev–Trinajstić information content (AvgIpc) is 3.39. The van der Waals surface area contributed by atoms with E-state index in [-0.39, 0.29) is 5.41 Å². The van der Waals surface area contributed by atoms with Crippen molar-refractivity contribution < 1.29 is 0 Å². The van der Waals surface area contributed by atoms with Crippen molar-refractivity contribution in [2.24, 2.45) is 0 Å². The molecule has 0 saturated heterocycles. The number of rotatable bonds is 7. The van der Waals surface area contributed by atoms with Crippen LogP contribution in [0.2, 0.25) is 0 Å². The zero-order chi connectivity index (χ0) is 22.2. The molecule has 0 aliphatic carbocycles. The lowest BCUT2D eigenvalue weighted by atomic mass is 9.80. The van der Waals surface area contributed by atoms with Gasteiger partial charge in [-0.1, -0.05) is 46.8 Å². The van der Waals surface area contributed by atoms with Crippen LogP contribution >= 0.6 is 0 Å². The molecule has 1 atom stereocenters. The second kappa shape index (κ2) is 8.29. The van der Waals surface area contributed by atoms with Crippen molar-refractivity contribution in [3.05, 3.63) is 83.6 Å². The molecule has 0 aliphatic rings. The van der Waals surface area contributed by atoms with E-state index in [1.54, 1.807) is 0 Å². The molecule has 5 nitrogen and oxygen atoms in total. The van der Waals surface area contributed by atoms with E-state index in [1.165, 1.54) is 5.56 Å². The van der Waals surface area contributed by atoms with E-state index < -0.39 is 0 Å². The van der Waals surface area contributed by atoms with Crippen molar-refractivity contribution in [2.45, 2.75) is 71.8 Å². The first kappa shape index (κ1) is 21.3. The summed E-state index contributed by atoms with van der Waals surface area (Å²) in [5.41, 5.74) is 6.50. The highest BCUT2D eigenvalue weighted by molar-refractivity contribution is 5.40. The predicted octanol–water partition coefficient (Wildman–Crippen LogP) is 5.88. The number of aromatic nitrogens is 5. The molecule has 162 valence electrons. The molecule has 4 aromatic rings. The summed E-state index contributed by atoms with van der Waals surface area (Å²) in [6, 6.07) is 10.5. The average molecular weight is 416 g/mol. The Hall–Kier alpha value is -2.95. The molecule has 0 amide bonds. The summed E-state index contributed by atoms with van der Waals surface area (Å²) >= 11 is 0. The van der Waals surface area contributed by atoms with Gasteiger partial charge in [-0.2, -0.15) is 0 Å². The standard InChI is InChI=1S/C26H33N5/c1-18(2)22-11-10-21(20(4)28-22)26(5,6)24-16-30(17-27-24)14-12-19(3)23-15-31-13-8-7-9-25(31)29-23/h7-11,13,15-19H,12,14H2,1-6H3. The monoisotopic (exact) mass is 415 g/mol. The number of hydrogen-bond acceptors (Lipinski definition) is 3. The summed E-state index contributed by atoms with van der Waals surface area (Å²) in [7, 11) is 0. The molecule has 4 heterocycles. The molecule has 0 aromatic carbocycles. The minimum atomic E-state index is -0.189. The van der Waals surface area contributed by atoms with Crippen LogP contribution in [-0.2, 0) is 12.0 Å². The number of nitrogens with zero attached hydrogens (tertiary/aromatic N) is 5. The van der Waals surface area contributed by atoms with Crippen molar-refractivity contribution in [1.29, 1.82) is 0 Å². The smallest absolute Gasteiger partial charge is 0.136 e. The van der Waals surface area contributed by atoms with Crippen LogP contribution in [0, 0.1) is 6.92 Å². The summed E-state index contributed by atoms with van der Waals surface area (Å²) in [6.45, 7) is 14.1. The Labute approximate surface area is 185 Å². The molecule has 5 heteroatoms. The third kappa shape index (κ3) is 4.27. The highest BCUT2D eigenvalue weighted by Gasteiger charge is 2.28. The van der Waals surface area contributed by atoms with Gasteiger partial charge in [0.1, 0.15) is 5.65 Å². The Morgan fingerprint density at radius 1 is 0.968 bits per heavy atom. The molecule has 4 aromatic heterocycles. The van der Waals surface area contributed by atoms with E-state index >= 15 is 0 Å². The summed E-state index contributed by atoms with van der Waals surface area (Å²) < 4.78 is 4.29. The van der Waals surface area contributed by atoms with Crippen LogP contribution in [0.15, 0.2) is 55.2 Å². The van der Waals surface area contributed by atoms with Gasteiger partial charge in [0.15, 0.2) is 0 Å². The number of hydrogen-bond donors (Lipinski definition) is 0. The van der Waals surface area contributed by atoms with Crippen molar-refractivity contribution in [3.8, 4) is 0 Å². The lowest BCUT2D eigenvalue weighted by molar-refractivity contribution is 0.565. The first-order chi connectivity index (χ1) is 14.8. The van der Waals surface area contributed by atoms with Gasteiger partial charge < -0.3 is 8.97 Å². The van der Waals surface area contributed by atoms with Crippen LogP contribution < -0.4 is 0 Å². The minimum Gasteiger partial charge on any atom is -0.337 e. The Morgan fingerprint density at radius 3 is 2.48 bits per heavy atom. The second-order valence-corrected chi connectivity index (χ2v) is 9.47. The lowest BCUT2D eigenvalue weighted by Gasteiger charge is -2.25. The van der Waals surface area contributed by atoms with E-state index in [9.17, 15) is 0 Å². The van der Waals surface area contributed by atoms with Crippen LogP contribution in [0.3, 0.4) is 0 Å². The zero-order valence-corrected chi connectivity index (χ0v) is 19.5. The Bertz CT molecular complexity index is 1150. The van der Waals surface area contributed by atoms with E-state index in [0.29, 0.717) is 11.8 Å². The molecule has 4 rings (SSSR count). The highest BCUT2D eigenvalue weighted by atomic mass is 15.0. The summed E-state index contributed by atoms with van der Waals surface area (Å²) in [6.07, 6.45) is 9.35. The molecule has 1 unspecified atom stereocenters. The van der Waals surface area contributed by atoms with Crippen LogP contribution in [0.1, 0.15) is 81.2 Å². The van der Waals surface area contributed by atoms with E-state index in [0.717, 1.165) is 41.4 Å². The van der Waals surface area contributed by atoms with Crippen LogP contribution in [0.25, 0.3) is 5.65 Å². The number of pyridine rings is 2. The van der Waals surface area contributed by atoms with Crippen molar-refractivity contribution in [2.75, 3.05) is 0 Å². The van der Waals surface area contributed by atoms with Gasteiger partial charge >= 0.3 is 0 Å². The van der Waals surface area contributed by atoms with E-state index in [4.69, 9.17) is 15.0 Å². The molecular weight excluding hydrogens is 382 g/mol. The fourth-order valence-electron chi connectivity index (χ4n) is 4.19. The normalized spacial score (nSPS) is 13.3. The maximum atomic E-state index is 4.84. The molecule has 0 radical (unpaired) electrons. The predicted molar refractivity (Wildman–Crippen MR) is 126 cm³/mol. The quantitative estimate of drug-likeness (QED) is 0.379. The topological polar surface area (TPSA) is 48.0 Å². The summed E-state index contributed by atoms with van der Waals surface area (Å²) in [5, 5.41) is 0. The fraction of sp³-hybridized carbons (Fsp3) is 0.423. The van der Waals surface area contributed by atoms with Gasteiger partial charge in [-0.15, -0.1) is 0 Å². The highest BCUT2D eigenvalue weighted by Crippen LogP contribution is 2.33. The Kier molecular flexibility index (Phi) is 5.69. The molecule has 0 spiro atoms. The van der Waals surface area contributed by atoms with Crippen LogP contribution in [0.4, 0.5) is 0 Å². The molecule has 0 saturated carbocycles. The van der Waals surface area contributed by atoms with E-state index in [1.807, 2.05) is 30.7 Å². The van der Waals surface area contributed by atoms with Gasteiger partial charge in [0, 0.05) is 47.9 Å². The van der Waals surface area contributed by atoms with Gasteiger partial charge in [-0.05, 0) is 43.0 Å². The number of aryl methyl sites for hydroxylation is 2. The lowest BCUT2D eigenvalue weighted by Crippen LogP contribution is -2.22. The molecule has 0 bridgehead atoms. The molecule has 0 N–H and O–H groups in total. The maximum absolute atomic E-state index is 4.84. The van der Waals surface area contributed by atoms with Crippen LogP contribution in [-0.4, -0.2) is 23.9 Å². The van der Waals surface area contributed by atoms with Crippen molar-refractivity contribution in [3.63, 3.8) is 0 Å². The third-order valence-corrected chi connectivity index (χ3v) is 6.35. The van der Waals surface area contributed by atoms with Gasteiger partial charge in [-0.3, -0.25) is 4.98 Å². The molecule has 0 fully saturated rings. The van der Waals surface area contributed by atoms with Crippen LogP contribution in [0.5, 0.6) is 0 Å². The first-order valence-corrected chi connectivity index (χ1v) is 11.2. The SMILES string of the molecule is Cc1nc(C(C)C)ccc1C(C)(C)c1cn(CCC(C)c2cn3ccccc3n2)cn1. The van der Waals surface area contributed by atoms with E-state index in [2.05, 4.69) is 75.0 Å². The minimum absolute atomic E-state index is 0.189. The molecular formula is C26H33N5. The Balaban J connectivity index is 1.47. The fourth-order valence-corrected chi connectivity index (χ4v) is 4.19. The summed E-state index contributed by atoms with van der Waals surface area (Å²) in [5.74, 6) is 0.818. The van der Waals surface area contributed by atoms with Crippen molar-refractivity contribution >= 4 is 5.65 Å². The molecule has 31 heavy (non-hydrogen) atoms. The van der Waals surface area contributed by atoms with Gasteiger partial charge in [0.25, 0.3) is 0 Å². The van der Waals surface area contributed by atoms with Crippen molar-refractivity contribution in [1.82, 2.24) is 23.9 Å². The number of fused-ring (bicyclic) bond motifs is 1. The third-order valence-electron chi connectivity index (χ3n) is 6.35. The van der Waals surface area contributed by atoms with Gasteiger partial charge in [0.05, 0.1) is 17.7 Å². The summed E-state index contributed by atoms with van der Waals surface area (Å²) in [4.78, 5) is 14.4. The van der Waals surface area contributed by atoms with Gasteiger partial charge in [0.2, 0.25) is 0 Å².